The minimum absolute atomic E-state index is 0.0719. The molecule has 1 aromatic rings. The van der Waals surface area contributed by atoms with Crippen molar-refractivity contribution in [2.24, 2.45) is 4.99 Å². The summed E-state index contributed by atoms with van der Waals surface area (Å²) in [6.07, 6.45) is 6.64. The van der Waals surface area contributed by atoms with E-state index in [9.17, 15) is 24.9 Å². The highest BCUT2D eigenvalue weighted by molar-refractivity contribution is 5.89. The van der Waals surface area contributed by atoms with Crippen molar-refractivity contribution >= 4 is 29.9 Å². The third kappa shape index (κ3) is 7.93. The second-order valence-corrected chi connectivity index (χ2v) is 7.66. The summed E-state index contributed by atoms with van der Waals surface area (Å²) in [5, 5.41) is 28.6. The number of ether oxygens (including phenoxy) is 2. The van der Waals surface area contributed by atoms with Gasteiger partial charge in [0.15, 0.2) is 11.9 Å². The number of allylic oxidation sites excluding steroid dienone is 4. The molecule has 0 fully saturated rings. The number of benzene rings is 1. The van der Waals surface area contributed by atoms with Gasteiger partial charge < -0.3 is 29.7 Å². The van der Waals surface area contributed by atoms with Crippen LogP contribution in [0.1, 0.15) is 18.4 Å². The Hall–Kier alpha value is -3.85. The smallest absolute Gasteiger partial charge is 0.377 e. The number of aliphatic hydroxyl groups is 3. The second-order valence-electron chi connectivity index (χ2n) is 7.66. The Bertz CT molecular complexity index is 991. The largest absolute Gasteiger partial charge is 0.505 e. The van der Waals surface area contributed by atoms with E-state index in [1.54, 1.807) is 12.3 Å². The number of aliphatic hydroxyl groups excluding tert-OH is 3. The summed E-state index contributed by atoms with van der Waals surface area (Å²) in [7, 11) is 3.98. The van der Waals surface area contributed by atoms with E-state index in [0.717, 1.165) is 16.8 Å². The van der Waals surface area contributed by atoms with Gasteiger partial charge >= 0.3 is 11.9 Å². The Morgan fingerprint density at radius 2 is 2.00 bits per heavy atom. The van der Waals surface area contributed by atoms with E-state index in [1.807, 2.05) is 61.5 Å². The molecule has 0 radical (unpaired) electrons. The van der Waals surface area contributed by atoms with Crippen LogP contribution in [0.3, 0.4) is 0 Å². The highest BCUT2D eigenvalue weighted by Crippen LogP contribution is 2.21. The average Bonchev–Trinajstić information content (AvgIpc) is 3.09. The molecule has 1 heterocycles. The van der Waals surface area contributed by atoms with Gasteiger partial charge in [0, 0.05) is 39.0 Å². The van der Waals surface area contributed by atoms with Crippen molar-refractivity contribution in [3.8, 4) is 0 Å². The molecule has 0 saturated heterocycles. The van der Waals surface area contributed by atoms with Gasteiger partial charge in [0.05, 0.1) is 0 Å². The lowest BCUT2D eigenvalue weighted by Gasteiger charge is -2.17. The number of nitrogens with zero attached hydrogens (tertiary/aromatic N) is 2. The third-order valence-electron chi connectivity index (χ3n) is 4.86. The number of esters is 2. The number of anilines is 1. The van der Waals surface area contributed by atoms with Gasteiger partial charge in [0.1, 0.15) is 12.7 Å². The summed E-state index contributed by atoms with van der Waals surface area (Å²) >= 11 is 0. The molecular weight excluding hydrogens is 440 g/mol. The zero-order chi connectivity index (χ0) is 25.1. The predicted molar refractivity (Wildman–Crippen MR) is 130 cm³/mol. The molecule has 0 bridgehead atoms. The van der Waals surface area contributed by atoms with E-state index in [-0.39, 0.29) is 6.42 Å². The normalized spacial score (nSPS) is 17.3. The second kappa shape index (κ2) is 13.0. The zero-order valence-electron chi connectivity index (χ0n) is 19.3. The summed E-state index contributed by atoms with van der Waals surface area (Å²) in [5.74, 6) is -3.46. The molecule has 2 rings (SSSR count). The van der Waals surface area contributed by atoms with Crippen molar-refractivity contribution in [2.45, 2.75) is 25.0 Å². The van der Waals surface area contributed by atoms with E-state index in [2.05, 4.69) is 16.3 Å². The average molecular weight is 471 g/mol. The molecule has 3 N–H and O–H groups in total. The van der Waals surface area contributed by atoms with E-state index in [1.165, 1.54) is 0 Å². The number of carbonyl (C=O) groups excluding carboxylic acids is 2. The van der Waals surface area contributed by atoms with E-state index >= 15 is 0 Å². The number of carbonyl (C=O) groups is 2. The van der Waals surface area contributed by atoms with Crippen molar-refractivity contribution in [2.75, 3.05) is 32.1 Å². The first-order chi connectivity index (χ1) is 16.2. The molecule has 182 valence electrons. The van der Waals surface area contributed by atoms with Crippen LogP contribution in [0.2, 0.25) is 0 Å². The molecular formula is C25H30N2O7. The molecule has 34 heavy (non-hydrogen) atoms. The first-order valence-electron chi connectivity index (χ1n) is 10.7. The van der Waals surface area contributed by atoms with Crippen molar-refractivity contribution in [3.63, 3.8) is 0 Å². The number of aliphatic imine (C=N–C) groups is 1. The molecule has 1 aliphatic rings. The molecule has 9 heteroatoms. The van der Waals surface area contributed by atoms with Gasteiger partial charge in [-0.2, -0.15) is 0 Å². The quantitative estimate of drug-likeness (QED) is 0.184. The van der Waals surface area contributed by atoms with Crippen LogP contribution in [0.4, 0.5) is 5.69 Å². The maximum absolute atomic E-state index is 11.8. The highest BCUT2D eigenvalue weighted by atomic mass is 16.6. The van der Waals surface area contributed by atoms with Gasteiger partial charge in [-0.1, -0.05) is 36.9 Å². The monoisotopic (exact) mass is 470 g/mol. The van der Waals surface area contributed by atoms with Gasteiger partial charge in [-0.15, -0.1) is 0 Å². The van der Waals surface area contributed by atoms with Gasteiger partial charge in [-0.3, -0.25) is 9.79 Å². The molecule has 0 saturated carbocycles. The summed E-state index contributed by atoms with van der Waals surface area (Å²) in [6.45, 7) is 3.70. The fraction of sp³-hybridized carbons (Fsp3) is 0.320. The molecule has 0 spiro atoms. The first-order valence-corrected chi connectivity index (χ1v) is 10.7. The van der Waals surface area contributed by atoms with Crippen molar-refractivity contribution in [3.05, 3.63) is 71.7 Å². The van der Waals surface area contributed by atoms with Gasteiger partial charge in [0.2, 0.25) is 5.76 Å². The lowest BCUT2D eigenvalue weighted by atomic mass is 10.1. The van der Waals surface area contributed by atoms with Crippen LogP contribution in [0.15, 0.2) is 71.2 Å². The SMILES string of the molecule is C=CC(/C=C/c1ccc(N(C)C)cc1)=C\C=NCCCC(=O)OCC(O)C1OC(=O)C(O)=C1O. The first kappa shape index (κ1) is 26.4. The molecule has 9 nitrogen and oxygen atoms in total. The molecule has 0 aromatic heterocycles. The topological polar surface area (TPSA) is 129 Å². The van der Waals surface area contributed by atoms with Crippen molar-refractivity contribution in [1.29, 1.82) is 0 Å². The van der Waals surface area contributed by atoms with Crippen LogP contribution >= 0.6 is 0 Å². The zero-order valence-corrected chi connectivity index (χ0v) is 19.3. The maximum atomic E-state index is 11.8. The lowest BCUT2D eigenvalue weighted by molar-refractivity contribution is -0.154. The fourth-order valence-corrected chi connectivity index (χ4v) is 2.86. The summed E-state index contributed by atoms with van der Waals surface area (Å²) in [4.78, 5) is 29.2. The Balaban J connectivity index is 1.70. The number of cyclic esters (lactones) is 1. The number of hydrogen-bond acceptors (Lipinski definition) is 9. The Morgan fingerprint density at radius 1 is 1.29 bits per heavy atom. The molecule has 1 aromatic carbocycles. The third-order valence-corrected chi connectivity index (χ3v) is 4.86. The van der Waals surface area contributed by atoms with Gasteiger partial charge in [-0.05, 0) is 35.8 Å². The van der Waals surface area contributed by atoms with Crippen LogP contribution in [0.25, 0.3) is 6.08 Å². The standard InChI is InChI=1S/C25H30N2O7/c1-4-17(7-8-18-9-11-19(12-10-18)27(2)3)13-15-26-14-5-6-21(29)33-16-20(28)24-22(30)23(31)25(32)34-24/h4,7-13,15,20,24,28,30-31H,1,5-6,14,16H2,2-3H3/b8-7+,17-13+,26-15?. The van der Waals surface area contributed by atoms with Gasteiger partial charge in [-0.25, -0.2) is 4.79 Å². The van der Waals surface area contributed by atoms with E-state index in [4.69, 9.17) is 4.74 Å². The van der Waals surface area contributed by atoms with Crippen molar-refractivity contribution < 1.29 is 34.4 Å². The number of hydrogen-bond donors (Lipinski definition) is 3. The molecule has 2 unspecified atom stereocenters. The van der Waals surface area contributed by atoms with Crippen LogP contribution in [-0.2, 0) is 19.1 Å². The Kier molecular flexibility index (Phi) is 10.1. The minimum atomic E-state index is -1.49. The molecule has 1 aliphatic heterocycles. The van der Waals surface area contributed by atoms with Crippen LogP contribution in [0.5, 0.6) is 0 Å². The van der Waals surface area contributed by atoms with E-state index < -0.39 is 42.3 Å². The summed E-state index contributed by atoms with van der Waals surface area (Å²) < 4.78 is 9.50. The Labute approximate surface area is 198 Å². The molecule has 0 aliphatic carbocycles. The van der Waals surface area contributed by atoms with Crippen LogP contribution < -0.4 is 4.90 Å². The number of rotatable bonds is 12. The lowest BCUT2D eigenvalue weighted by Crippen LogP contribution is -2.33. The minimum Gasteiger partial charge on any atom is -0.505 e. The molecule has 2 atom stereocenters. The summed E-state index contributed by atoms with van der Waals surface area (Å²) in [6, 6.07) is 8.14. The molecule has 0 amide bonds. The van der Waals surface area contributed by atoms with Crippen molar-refractivity contribution in [1.82, 2.24) is 0 Å². The Morgan fingerprint density at radius 3 is 2.59 bits per heavy atom. The van der Waals surface area contributed by atoms with Gasteiger partial charge in [0.25, 0.3) is 0 Å². The maximum Gasteiger partial charge on any atom is 0.377 e. The summed E-state index contributed by atoms with van der Waals surface area (Å²) in [5.41, 5.74) is 3.07. The van der Waals surface area contributed by atoms with E-state index in [0.29, 0.717) is 13.0 Å². The van der Waals surface area contributed by atoms with Crippen LogP contribution in [0, 0.1) is 0 Å². The fourth-order valence-electron chi connectivity index (χ4n) is 2.86. The highest BCUT2D eigenvalue weighted by Gasteiger charge is 2.39. The van der Waals surface area contributed by atoms with Crippen LogP contribution in [-0.4, -0.2) is 72.9 Å². The predicted octanol–water partition coefficient (Wildman–Crippen LogP) is 2.89.